The molecule has 2 rings (SSSR count). The Morgan fingerprint density at radius 1 is 1.20 bits per heavy atom. The highest BCUT2D eigenvalue weighted by Crippen LogP contribution is 2.18. The summed E-state index contributed by atoms with van der Waals surface area (Å²) < 4.78 is 0. The van der Waals surface area contributed by atoms with Gasteiger partial charge in [0.05, 0.1) is 0 Å². The Balaban J connectivity index is 1.88. The molecule has 15 heavy (non-hydrogen) atoms. The molecule has 2 saturated heterocycles. The van der Waals surface area contributed by atoms with Crippen molar-refractivity contribution in [1.29, 1.82) is 0 Å². The van der Waals surface area contributed by atoms with Gasteiger partial charge in [0.2, 0.25) is 0 Å². The van der Waals surface area contributed by atoms with Gasteiger partial charge in [0.25, 0.3) is 0 Å². The van der Waals surface area contributed by atoms with E-state index >= 15 is 0 Å². The zero-order valence-corrected chi connectivity index (χ0v) is 9.54. The Hall–Kier alpha value is -0.160. The van der Waals surface area contributed by atoms with Crippen molar-refractivity contribution in [3.05, 3.63) is 0 Å². The molecular weight excluding hydrogens is 188 g/mol. The lowest BCUT2D eigenvalue weighted by molar-refractivity contribution is 0.114. The minimum Gasteiger partial charge on any atom is -0.329 e. The lowest BCUT2D eigenvalue weighted by atomic mass is 9.90. The first-order valence-electron chi connectivity index (χ1n) is 6.27. The number of nitrogens with one attached hydrogen (secondary N) is 2. The first-order valence-corrected chi connectivity index (χ1v) is 6.27. The van der Waals surface area contributed by atoms with Gasteiger partial charge in [-0.15, -0.1) is 0 Å². The van der Waals surface area contributed by atoms with Crippen LogP contribution in [0, 0.1) is 5.92 Å². The molecule has 88 valence electrons. The highest BCUT2D eigenvalue weighted by Gasteiger charge is 2.28. The highest BCUT2D eigenvalue weighted by molar-refractivity contribution is 4.86. The third-order valence-corrected chi connectivity index (χ3v) is 3.74. The minimum absolute atomic E-state index is 0.597. The number of nitrogens with zero attached hydrogens (tertiary/aromatic N) is 1. The summed E-state index contributed by atoms with van der Waals surface area (Å²) in [4.78, 5) is 2.58. The summed E-state index contributed by atoms with van der Waals surface area (Å²) >= 11 is 0. The van der Waals surface area contributed by atoms with E-state index in [4.69, 9.17) is 5.73 Å². The molecule has 0 amide bonds. The van der Waals surface area contributed by atoms with Crippen LogP contribution in [-0.2, 0) is 0 Å². The Labute approximate surface area is 92.6 Å². The molecule has 2 fully saturated rings. The quantitative estimate of drug-likeness (QED) is 0.574. The van der Waals surface area contributed by atoms with Gasteiger partial charge in [-0.2, -0.15) is 0 Å². The van der Waals surface area contributed by atoms with E-state index in [0.29, 0.717) is 6.04 Å². The Kier molecular flexibility index (Phi) is 4.38. The second-order valence-corrected chi connectivity index (χ2v) is 4.70. The topological polar surface area (TPSA) is 53.3 Å². The fourth-order valence-electron chi connectivity index (χ4n) is 2.86. The SMILES string of the molecule is NCC(C1CCCNC1)N1CCNCC1. The third kappa shape index (κ3) is 2.91. The number of rotatable bonds is 3. The number of nitrogens with two attached hydrogens (primary N) is 1. The van der Waals surface area contributed by atoms with E-state index in [1.165, 1.54) is 32.5 Å². The van der Waals surface area contributed by atoms with Gasteiger partial charge >= 0.3 is 0 Å². The van der Waals surface area contributed by atoms with Crippen LogP contribution in [0.3, 0.4) is 0 Å². The summed E-state index contributed by atoms with van der Waals surface area (Å²) in [6, 6.07) is 0.597. The zero-order chi connectivity index (χ0) is 10.5. The predicted molar refractivity (Wildman–Crippen MR) is 62.9 cm³/mol. The molecular formula is C11H24N4. The molecule has 2 unspecified atom stereocenters. The smallest absolute Gasteiger partial charge is 0.0259 e. The summed E-state index contributed by atoms with van der Waals surface area (Å²) in [5.74, 6) is 0.766. The average Bonchev–Trinajstić information content (AvgIpc) is 2.33. The van der Waals surface area contributed by atoms with Crippen LogP contribution in [0.4, 0.5) is 0 Å². The first kappa shape index (κ1) is 11.3. The van der Waals surface area contributed by atoms with Crippen LogP contribution in [0.25, 0.3) is 0 Å². The summed E-state index contributed by atoms with van der Waals surface area (Å²) in [6.07, 6.45) is 2.66. The van der Waals surface area contributed by atoms with Gasteiger partial charge in [0.15, 0.2) is 0 Å². The third-order valence-electron chi connectivity index (χ3n) is 3.74. The van der Waals surface area contributed by atoms with Crippen molar-refractivity contribution in [2.24, 2.45) is 11.7 Å². The Morgan fingerprint density at radius 3 is 2.60 bits per heavy atom. The zero-order valence-electron chi connectivity index (χ0n) is 9.54. The molecule has 0 aromatic carbocycles. The molecule has 0 bridgehead atoms. The summed E-state index contributed by atoms with van der Waals surface area (Å²) in [5, 5.41) is 6.89. The van der Waals surface area contributed by atoms with E-state index in [0.717, 1.165) is 32.1 Å². The molecule has 4 heteroatoms. The van der Waals surface area contributed by atoms with Gasteiger partial charge in [0.1, 0.15) is 0 Å². The van der Waals surface area contributed by atoms with E-state index in [-0.39, 0.29) is 0 Å². The van der Waals surface area contributed by atoms with Crippen molar-refractivity contribution in [3.63, 3.8) is 0 Å². The second-order valence-electron chi connectivity index (χ2n) is 4.70. The van der Waals surface area contributed by atoms with Crippen LogP contribution < -0.4 is 16.4 Å². The molecule has 0 aromatic heterocycles. The fourth-order valence-corrected chi connectivity index (χ4v) is 2.86. The molecule has 0 radical (unpaired) electrons. The van der Waals surface area contributed by atoms with Crippen molar-refractivity contribution in [3.8, 4) is 0 Å². The number of hydrogen-bond donors (Lipinski definition) is 3. The molecule has 0 saturated carbocycles. The van der Waals surface area contributed by atoms with E-state index in [1.54, 1.807) is 0 Å². The standard InChI is InChI=1S/C11H24N4/c12-8-11(10-2-1-3-14-9-10)15-6-4-13-5-7-15/h10-11,13-14H,1-9,12H2. The molecule has 4 N–H and O–H groups in total. The molecule has 0 spiro atoms. The van der Waals surface area contributed by atoms with Crippen molar-refractivity contribution in [2.75, 3.05) is 45.8 Å². The van der Waals surface area contributed by atoms with Gasteiger partial charge in [-0.1, -0.05) is 0 Å². The van der Waals surface area contributed by atoms with Crippen LogP contribution in [0.1, 0.15) is 12.8 Å². The van der Waals surface area contributed by atoms with Crippen LogP contribution in [0.15, 0.2) is 0 Å². The van der Waals surface area contributed by atoms with E-state index in [9.17, 15) is 0 Å². The maximum absolute atomic E-state index is 5.94. The van der Waals surface area contributed by atoms with Crippen molar-refractivity contribution < 1.29 is 0 Å². The Morgan fingerprint density at radius 2 is 2.00 bits per heavy atom. The average molecular weight is 212 g/mol. The lowest BCUT2D eigenvalue weighted by Gasteiger charge is -2.40. The normalized spacial score (nSPS) is 31.4. The van der Waals surface area contributed by atoms with Crippen LogP contribution in [0.5, 0.6) is 0 Å². The molecule has 2 aliphatic rings. The molecule has 2 atom stereocenters. The first-order chi connectivity index (χ1) is 7.42. The van der Waals surface area contributed by atoms with E-state index < -0.39 is 0 Å². The summed E-state index contributed by atoms with van der Waals surface area (Å²) in [5.41, 5.74) is 5.94. The molecule has 2 heterocycles. The molecule has 2 aliphatic heterocycles. The van der Waals surface area contributed by atoms with Gasteiger partial charge in [-0.25, -0.2) is 0 Å². The van der Waals surface area contributed by atoms with Crippen LogP contribution >= 0.6 is 0 Å². The highest BCUT2D eigenvalue weighted by atomic mass is 15.2. The summed E-state index contributed by atoms with van der Waals surface area (Å²) in [7, 11) is 0. The van der Waals surface area contributed by atoms with E-state index in [2.05, 4.69) is 15.5 Å². The largest absolute Gasteiger partial charge is 0.329 e. The second kappa shape index (κ2) is 5.80. The van der Waals surface area contributed by atoms with Crippen molar-refractivity contribution in [1.82, 2.24) is 15.5 Å². The maximum atomic E-state index is 5.94. The fraction of sp³-hybridized carbons (Fsp3) is 1.00. The van der Waals surface area contributed by atoms with Crippen LogP contribution in [-0.4, -0.2) is 56.8 Å². The molecule has 0 aliphatic carbocycles. The number of hydrogen-bond acceptors (Lipinski definition) is 4. The number of piperidine rings is 1. The van der Waals surface area contributed by atoms with Gasteiger partial charge in [-0.3, -0.25) is 4.90 Å². The van der Waals surface area contributed by atoms with Crippen molar-refractivity contribution in [2.45, 2.75) is 18.9 Å². The lowest BCUT2D eigenvalue weighted by Crippen LogP contribution is -2.55. The number of piperazine rings is 1. The van der Waals surface area contributed by atoms with Crippen molar-refractivity contribution >= 4 is 0 Å². The Bertz CT molecular complexity index is 155. The van der Waals surface area contributed by atoms with Gasteiger partial charge < -0.3 is 16.4 Å². The van der Waals surface area contributed by atoms with Gasteiger partial charge in [0, 0.05) is 38.8 Å². The molecule has 0 aromatic rings. The monoisotopic (exact) mass is 212 g/mol. The van der Waals surface area contributed by atoms with Gasteiger partial charge in [-0.05, 0) is 31.8 Å². The van der Waals surface area contributed by atoms with E-state index in [1.807, 2.05) is 0 Å². The maximum Gasteiger partial charge on any atom is 0.0259 e. The molecule has 4 nitrogen and oxygen atoms in total. The minimum atomic E-state index is 0.597. The summed E-state index contributed by atoms with van der Waals surface area (Å²) in [6.45, 7) is 7.73. The van der Waals surface area contributed by atoms with Crippen LogP contribution in [0.2, 0.25) is 0 Å². The predicted octanol–water partition coefficient (Wildman–Crippen LogP) is -0.781.